The molecule has 11 nitrogen and oxygen atoms in total. The lowest BCUT2D eigenvalue weighted by Gasteiger charge is -2.26. The molecular weight excluding hydrogens is 709 g/mol. The van der Waals surface area contributed by atoms with Gasteiger partial charge in [0.05, 0.1) is 13.2 Å². The molecule has 0 aromatic heterocycles. The van der Waals surface area contributed by atoms with E-state index in [0.717, 1.165) is 51.4 Å². The SMILES string of the molecule is CCCCC/C=C\C/C=C\C/C=C\C/C=C\CCCC(=O)O[C@@H](CO)C(OP(=O)(O)OC[C@H](N)C(=O)O)C(=O)CCCCCCCCCCCCCCC. The first-order chi connectivity index (χ1) is 26.1. The summed E-state index contributed by atoms with van der Waals surface area (Å²) in [6.45, 7) is 2.73. The van der Waals surface area contributed by atoms with Crippen LogP contribution in [-0.2, 0) is 32.7 Å². The summed E-state index contributed by atoms with van der Waals surface area (Å²) in [5.74, 6) is -2.79. The minimum Gasteiger partial charge on any atom is -0.480 e. The van der Waals surface area contributed by atoms with Crippen LogP contribution in [0.15, 0.2) is 48.6 Å². The van der Waals surface area contributed by atoms with Gasteiger partial charge in [0.2, 0.25) is 0 Å². The highest BCUT2D eigenvalue weighted by molar-refractivity contribution is 7.47. The predicted molar refractivity (Wildman–Crippen MR) is 217 cm³/mol. The number of ether oxygens (including phenoxy) is 1. The Morgan fingerprint density at radius 3 is 1.57 bits per heavy atom. The molecule has 0 heterocycles. The van der Waals surface area contributed by atoms with Crippen LogP contribution in [0.3, 0.4) is 0 Å². The Balaban J connectivity index is 4.78. The number of carboxylic acid groups (broad SMARTS) is 1. The van der Waals surface area contributed by atoms with Gasteiger partial charge in [-0.15, -0.1) is 0 Å². The summed E-state index contributed by atoms with van der Waals surface area (Å²) in [7, 11) is -5.02. The van der Waals surface area contributed by atoms with Crippen LogP contribution in [0.25, 0.3) is 0 Å². The van der Waals surface area contributed by atoms with Crippen LogP contribution in [0.4, 0.5) is 0 Å². The maximum atomic E-state index is 13.2. The summed E-state index contributed by atoms with van der Waals surface area (Å²) in [6.07, 6.45) is 36.6. The average Bonchev–Trinajstić information content (AvgIpc) is 3.15. The molecule has 0 spiro atoms. The lowest BCUT2D eigenvalue weighted by atomic mass is 10.0. The molecule has 2 unspecified atom stereocenters. The minimum atomic E-state index is -5.02. The van der Waals surface area contributed by atoms with E-state index in [1.165, 1.54) is 70.6 Å². The zero-order valence-corrected chi connectivity index (χ0v) is 34.4. The van der Waals surface area contributed by atoms with Crippen LogP contribution < -0.4 is 5.73 Å². The molecule has 0 aliphatic carbocycles. The Hall–Kier alpha value is -2.40. The summed E-state index contributed by atoms with van der Waals surface area (Å²) < 4.78 is 27.8. The number of carbonyl (C=O) groups is 3. The second kappa shape index (κ2) is 36.3. The fourth-order valence-corrected chi connectivity index (χ4v) is 6.51. The number of carboxylic acids is 1. The van der Waals surface area contributed by atoms with Gasteiger partial charge < -0.3 is 25.6 Å². The molecule has 0 saturated carbocycles. The molecule has 0 aromatic carbocycles. The van der Waals surface area contributed by atoms with E-state index in [-0.39, 0.29) is 12.8 Å². The first kappa shape index (κ1) is 51.6. The highest BCUT2D eigenvalue weighted by Crippen LogP contribution is 2.45. The number of Topliss-reactive ketones (excluding diaryl/α,β-unsaturated/α-hetero) is 1. The van der Waals surface area contributed by atoms with Crippen molar-refractivity contribution in [1.82, 2.24) is 0 Å². The van der Waals surface area contributed by atoms with Gasteiger partial charge >= 0.3 is 19.8 Å². The minimum absolute atomic E-state index is 0.00492. The lowest BCUT2D eigenvalue weighted by molar-refractivity contribution is -0.161. The molecule has 0 aliphatic rings. The van der Waals surface area contributed by atoms with Crippen molar-refractivity contribution in [3.63, 3.8) is 0 Å². The Morgan fingerprint density at radius 2 is 1.09 bits per heavy atom. The van der Waals surface area contributed by atoms with Gasteiger partial charge in [-0.25, -0.2) is 4.57 Å². The van der Waals surface area contributed by atoms with Gasteiger partial charge in [-0.05, 0) is 51.4 Å². The van der Waals surface area contributed by atoms with Crippen LogP contribution in [0.1, 0.15) is 168 Å². The fraction of sp³-hybridized carbons (Fsp3) is 0.738. The van der Waals surface area contributed by atoms with Crippen LogP contribution in [-0.4, -0.2) is 64.3 Å². The Bertz CT molecular complexity index is 1120. The number of aliphatic hydroxyl groups is 1. The Kier molecular flexibility index (Phi) is 34.6. The Labute approximate surface area is 326 Å². The number of aliphatic carboxylic acids is 1. The number of ketones is 1. The number of unbranched alkanes of at least 4 members (excludes halogenated alkanes) is 16. The van der Waals surface area contributed by atoms with Crippen molar-refractivity contribution in [2.45, 2.75) is 186 Å². The molecule has 0 saturated heterocycles. The zero-order chi connectivity index (χ0) is 40.1. The molecule has 0 aliphatic heterocycles. The van der Waals surface area contributed by atoms with E-state index < -0.39 is 57.0 Å². The molecule has 0 bridgehead atoms. The van der Waals surface area contributed by atoms with Gasteiger partial charge in [-0.2, -0.15) is 0 Å². The number of allylic oxidation sites excluding steroid dienone is 8. The summed E-state index contributed by atoms with van der Waals surface area (Å²) in [6, 6.07) is -1.61. The van der Waals surface area contributed by atoms with Gasteiger partial charge in [0.15, 0.2) is 18.0 Å². The van der Waals surface area contributed by atoms with Crippen molar-refractivity contribution in [2.75, 3.05) is 13.2 Å². The molecule has 4 atom stereocenters. The van der Waals surface area contributed by atoms with E-state index >= 15 is 0 Å². The number of phosphoric ester groups is 1. The molecule has 312 valence electrons. The van der Waals surface area contributed by atoms with Crippen molar-refractivity contribution >= 4 is 25.5 Å². The summed E-state index contributed by atoms with van der Waals surface area (Å²) in [5, 5.41) is 19.0. The maximum absolute atomic E-state index is 13.2. The monoisotopic (exact) mass is 784 g/mol. The summed E-state index contributed by atoms with van der Waals surface area (Å²) in [4.78, 5) is 47.2. The first-order valence-corrected chi connectivity index (χ1v) is 22.1. The number of hydrogen-bond acceptors (Lipinski definition) is 9. The van der Waals surface area contributed by atoms with Gasteiger partial charge in [0, 0.05) is 12.8 Å². The first-order valence-electron chi connectivity index (χ1n) is 20.6. The van der Waals surface area contributed by atoms with E-state index in [2.05, 4.69) is 50.3 Å². The lowest BCUT2D eigenvalue weighted by Crippen LogP contribution is -2.42. The van der Waals surface area contributed by atoms with Crippen molar-refractivity contribution < 1.29 is 47.8 Å². The van der Waals surface area contributed by atoms with E-state index in [0.29, 0.717) is 19.3 Å². The number of carbonyl (C=O) groups excluding carboxylic acids is 2. The Morgan fingerprint density at radius 1 is 0.648 bits per heavy atom. The van der Waals surface area contributed by atoms with E-state index in [4.69, 9.17) is 24.6 Å². The summed E-state index contributed by atoms with van der Waals surface area (Å²) in [5.41, 5.74) is 5.36. The van der Waals surface area contributed by atoms with E-state index in [1.807, 2.05) is 12.2 Å². The van der Waals surface area contributed by atoms with Crippen molar-refractivity contribution in [2.24, 2.45) is 5.73 Å². The number of phosphoric acid groups is 1. The number of esters is 1. The average molecular weight is 784 g/mol. The number of aliphatic hydroxyl groups excluding tert-OH is 1. The quantitative estimate of drug-likeness (QED) is 0.0202. The molecule has 0 amide bonds. The molecular formula is C42H74NO10P. The number of hydrogen-bond donors (Lipinski definition) is 4. The molecule has 12 heteroatoms. The van der Waals surface area contributed by atoms with Crippen molar-refractivity contribution in [3.8, 4) is 0 Å². The smallest absolute Gasteiger partial charge is 0.473 e. The van der Waals surface area contributed by atoms with E-state index in [1.54, 1.807) is 0 Å². The molecule has 54 heavy (non-hydrogen) atoms. The second-order valence-electron chi connectivity index (χ2n) is 13.9. The van der Waals surface area contributed by atoms with Gasteiger partial charge in [0.25, 0.3) is 0 Å². The van der Waals surface area contributed by atoms with E-state index in [9.17, 15) is 28.9 Å². The number of rotatable bonds is 38. The normalized spacial score (nSPS) is 15.0. The van der Waals surface area contributed by atoms with Gasteiger partial charge in [0.1, 0.15) is 6.04 Å². The maximum Gasteiger partial charge on any atom is 0.473 e. The third-order valence-corrected chi connectivity index (χ3v) is 9.80. The van der Waals surface area contributed by atoms with Crippen molar-refractivity contribution in [1.29, 1.82) is 0 Å². The van der Waals surface area contributed by atoms with Crippen LogP contribution >= 0.6 is 7.82 Å². The number of nitrogens with two attached hydrogens (primary N) is 1. The molecule has 0 fully saturated rings. The third kappa shape index (κ3) is 31.9. The topological polar surface area (TPSA) is 183 Å². The highest BCUT2D eigenvalue weighted by atomic mass is 31.2. The van der Waals surface area contributed by atoms with Gasteiger partial charge in [-0.3, -0.25) is 23.4 Å². The molecule has 0 radical (unpaired) electrons. The zero-order valence-electron chi connectivity index (χ0n) is 33.5. The van der Waals surface area contributed by atoms with Crippen LogP contribution in [0, 0.1) is 0 Å². The standard InChI is InChI=1S/C42H74NO10P/c1-3-5-7-9-11-13-15-17-18-19-20-22-24-26-28-30-32-34-40(46)52-39(35-44)41(53-54(49,50)51-36-37(43)42(47)48)38(45)33-31-29-27-25-23-21-16-14-12-10-8-6-4-2/h11,13,17-18,20,22,26,28,37,39,41,44H,3-10,12,14-16,19,21,23-25,27,29-36,43H2,1-2H3,(H,47,48)(H,49,50)/b13-11-,18-17-,22-20-,28-26-/t37-,39-,41?/m0/s1. The van der Waals surface area contributed by atoms with Crippen LogP contribution in [0.2, 0.25) is 0 Å². The largest absolute Gasteiger partial charge is 0.480 e. The third-order valence-electron chi connectivity index (χ3n) is 8.83. The van der Waals surface area contributed by atoms with Gasteiger partial charge in [-0.1, -0.05) is 152 Å². The van der Waals surface area contributed by atoms with Crippen LogP contribution in [0.5, 0.6) is 0 Å². The highest BCUT2D eigenvalue weighted by Gasteiger charge is 2.38. The second-order valence-corrected chi connectivity index (χ2v) is 15.3. The fourth-order valence-electron chi connectivity index (χ4n) is 5.56. The summed E-state index contributed by atoms with van der Waals surface area (Å²) >= 11 is 0. The molecule has 5 N–H and O–H groups in total. The molecule has 0 rings (SSSR count). The predicted octanol–water partition coefficient (Wildman–Crippen LogP) is 10.0. The van der Waals surface area contributed by atoms with Crippen molar-refractivity contribution in [3.05, 3.63) is 48.6 Å². The molecule has 0 aromatic rings.